The van der Waals surface area contributed by atoms with Crippen molar-refractivity contribution in [2.75, 3.05) is 0 Å². The normalized spacial score (nSPS) is 15.1. The van der Waals surface area contributed by atoms with Crippen molar-refractivity contribution < 1.29 is 4.79 Å². The second-order valence-corrected chi connectivity index (χ2v) is 7.54. The van der Waals surface area contributed by atoms with Crippen LogP contribution in [0.3, 0.4) is 0 Å². The average Bonchev–Trinajstić information content (AvgIpc) is 3.41. The van der Waals surface area contributed by atoms with Crippen LogP contribution in [0.15, 0.2) is 41.5 Å². The van der Waals surface area contributed by atoms with Crippen molar-refractivity contribution in [2.24, 2.45) is 7.05 Å². The molecule has 1 aliphatic rings. The minimum atomic E-state index is -0.228. The third-order valence-electron chi connectivity index (χ3n) is 5.28. The van der Waals surface area contributed by atoms with Crippen LogP contribution in [0.25, 0.3) is 10.9 Å². The number of carbonyl (C=O) groups excluding carboxylic acids is 1. The van der Waals surface area contributed by atoms with E-state index in [-0.39, 0.29) is 24.1 Å². The lowest BCUT2D eigenvalue weighted by atomic mass is 10.1. The van der Waals surface area contributed by atoms with Gasteiger partial charge in [-0.05, 0) is 43.7 Å². The molecule has 1 saturated carbocycles. The van der Waals surface area contributed by atoms with Gasteiger partial charge in [0.05, 0.1) is 12.2 Å². The van der Waals surface area contributed by atoms with Crippen LogP contribution in [-0.4, -0.2) is 20.3 Å². The van der Waals surface area contributed by atoms with Gasteiger partial charge in [0.25, 0.3) is 5.56 Å². The summed E-state index contributed by atoms with van der Waals surface area (Å²) in [6.45, 7) is 3.87. The number of hydrogen-bond acceptors (Lipinski definition) is 3. The van der Waals surface area contributed by atoms with Crippen LogP contribution in [0.4, 0.5) is 0 Å². The number of fused-ring (bicyclic) bond motifs is 1. The van der Waals surface area contributed by atoms with Gasteiger partial charge in [0.1, 0.15) is 12.1 Å². The van der Waals surface area contributed by atoms with Crippen LogP contribution in [0.2, 0.25) is 0 Å². The molecule has 1 aromatic carbocycles. The highest BCUT2D eigenvalue weighted by atomic mass is 16.2. The minimum Gasteiger partial charge on any atom is -0.348 e. The fourth-order valence-corrected chi connectivity index (χ4v) is 3.57. The maximum Gasteiger partial charge on any atom is 0.291 e. The van der Waals surface area contributed by atoms with Crippen LogP contribution in [0, 0.1) is 6.92 Å². The van der Waals surface area contributed by atoms with E-state index in [1.54, 1.807) is 6.20 Å². The number of rotatable bonds is 5. The maximum absolute atomic E-state index is 12.8. The molecule has 4 rings (SSSR count). The van der Waals surface area contributed by atoms with Gasteiger partial charge in [-0.25, -0.2) is 4.68 Å². The second kappa shape index (κ2) is 6.68. The molecule has 1 fully saturated rings. The van der Waals surface area contributed by atoms with Crippen LogP contribution >= 0.6 is 0 Å². The highest BCUT2D eigenvalue weighted by Crippen LogP contribution is 2.43. The molecule has 1 amide bonds. The molecule has 0 bridgehead atoms. The third-order valence-corrected chi connectivity index (χ3v) is 5.28. The molecule has 6 nitrogen and oxygen atoms in total. The molecule has 1 unspecified atom stereocenters. The van der Waals surface area contributed by atoms with Crippen molar-refractivity contribution >= 4 is 16.8 Å². The fraction of sp³-hybridized carbons (Fsp3) is 0.381. The quantitative estimate of drug-likeness (QED) is 0.757. The van der Waals surface area contributed by atoms with Gasteiger partial charge in [-0.1, -0.05) is 29.8 Å². The smallest absolute Gasteiger partial charge is 0.291 e. The van der Waals surface area contributed by atoms with E-state index in [4.69, 9.17) is 0 Å². The highest BCUT2D eigenvalue weighted by molar-refractivity contribution is 5.83. The molecule has 3 aromatic rings. The van der Waals surface area contributed by atoms with Gasteiger partial charge < -0.3 is 9.88 Å². The minimum absolute atomic E-state index is 0.0884. The lowest BCUT2D eigenvalue weighted by molar-refractivity contribution is -0.122. The number of hydrogen-bond donors (Lipinski definition) is 1. The number of aromatic nitrogens is 3. The average molecular weight is 364 g/mol. The van der Waals surface area contributed by atoms with Crippen LogP contribution in [0.1, 0.15) is 48.4 Å². The van der Waals surface area contributed by atoms with Gasteiger partial charge in [0.2, 0.25) is 5.91 Å². The van der Waals surface area contributed by atoms with Crippen molar-refractivity contribution in [1.29, 1.82) is 0 Å². The number of aryl methyl sites for hydroxylation is 2. The molecule has 27 heavy (non-hydrogen) atoms. The molecular formula is C21H24N4O2. The summed E-state index contributed by atoms with van der Waals surface area (Å²) in [6, 6.07) is 7.91. The Morgan fingerprint density at radius 1 is 1.30 bits per heavy atom. The Morgan fingerprint density at radius 3 is 2.67 bits per heavy atom. The van der Waals surface area contributed by atoms with E-state index < -0.39 is 0 Å². The summed E-state index contributed by atoms with van der Waals surface area (Å²) in [7, 11) is 1.87. The van der Waals surface area contributed by atoms with E-state index in [2.05, 4.69) is 10.4 Å². The van der Waals surface area contributed by atoms with Crippen molar-refractivity contribution in [1.82, 2.24) is 19.7 Å². The first-order valence-corrected chi connectivity index (χ1v) is 9.35. The van der Waals surface area contributed by atoms with Gasteiger partial charge in [-0.2, -0.15) is 5.10 Å². The van der Waals surface area contributed by atoms with E-state index in [9.17, 15) is 9.59 Å². The zero-order chi connectivity index (χ0) is 19.1. The first-order chi connectivity index (χ1) is 12.9. The van der Waals surface area contributed by atoms with Gasteiger partial charge in [0, 0.05) is 18.6 Å². The molecule has 1 aliphatic carbocycles. The topological polar surface area (TPSA) is 68.9 Å². The number of carbonyl (C=O) groups is 1. The zero-order valence-electron chi connectivity index (χ0n) is 15.9. The Morgan fingerprint density at radius 2 is 2.00 bits per heavy atom. The standard InChI is InChI=1S/C21H24N4O2/c1-13-4-6-15(7-5-13)14(2)23-19(26)12-25-21(27)20-17(10-22-25)18(11-24(20)3)16-8-9-16/h4-7,10-11,14,16H,8-9,12H2,1-3H3,(H,23,26). The van der Waals surface area contributed by atoms with E-state index in [1.807, 2.05) is 55.9 Å². The second-order valence-electron chi connectivity index (χ2n) is 7.54. The monoisotopic (exact) mass is 364 g/mol. The van der Waals surface area contributed by atoms with E-state index in [0.29, 0.717) is 11.4 Å². The Hall–Kier alpha value is -2.89. The van der Waals surface area contributed by atoms with Crippen molar-refractivity contribution in [3.8, 4) is 0 Å². The summed E-state index contributed by atoms with van der Waals surface area (Å²) in [5.41, 5.74) is 3.80. The lowest BCUT2D eigenvalue weighted by Gasteiger charge is -2.15. The van der Waals surface area contributed by atoms with E-state index in [1.165, 1.54) is 28.7 Å². The van der Waals surface area contributed by atoms with Gasteiger partial charge in [-0.3, -0.25) is 9.59 Å². The largest absolute Gasteiger partial charge is 0.348 e. The Labute approximate surface area is 157 Å². The highest BCUT2D eigenvalue weighted by Gasteiger charge is 2.28. The van der Waals surface area contributed by atoms with E-state index >= 15 is 0 Å². The molecule has 0 saturated heterocycles. The summed E-state index contributed by atoms with van der Waals surface area (Å²) in [6.07, 6.45) is 6.08. The third kappa shape index (κ3) is 3.39. The summed E-state index contributed by atoms with van der Waals surface area (Å²) in [5.74, 6) is 0.318. The molecular weight excluding hydrogens is 340 g/mol. The summed E-state index contributed by atoms with van der Waals surface area (Å²) in [5, 5.41) is 8.11. The molecule has 140 valence electrons. The number of nitrogens with zero attached hydrogens (tertiary/aromatic N) is 3. The molecule has 2 heterocycles. The predicted molar refractivity (Wildman–Crippen MR) is 105 cm³/mol. The molecule has 0 aliphatic heterocycles. The van der Waals surface area contributed by atoms with E-state index in [0.717, 1.165) is 10.9 Å². The van der Waals surface area contributed by atoms with Gasteiger partial charge in [0.15, 0.2) is 0 Å². The predicted octanol–water partition coefficient (Wildman–Crippen LogP) is 2.80. The summed E-state index contributed by atoms with van der Waals surface area (Å²) in [4.78, 5) is 25.3. The SMILES string of the molecule is Cc1ccc(C(C)NC(=O)Cn2ncc3c(C4CC4)cn(C)c3c2=O)cc1. The first-order valence-electron chi connectivity index (χ1n) is 9.35. The molecule has 2 aromatic heterocycles. The van der Waals surface area contributed by atoms with Gasteiger partial charge >= 0.3 is 0 Å². The fourth-order valence-electron chi connectivity index (χ4n) is 3.57. The Kier molecular flexibility index (Phi) is 4.34. The summed E-state index contributed by atoms with van der Waals surface area (Å²) < 4.78 is 3.10. The summed E-state index contributed by atoms with van der Waals surface area (Å²) >= 11 is 0. The molecule has 1 atom stereocenters. The van der Waals surface area contributed by atoms with Gasteiger partial charge in [-0.15, -0.1) is 0 Å². The van der Waals surface area contributed by atoms with Crippen LogP contribution in [0.5, 0.6) is 0 Å². The zero-order valence-corrected chi connectivity index (χ0v) is 15.9. The Balaban J connectivity index is 1.53. The molecule has 1 N–H and O–H groups in total. The van der Waals surface area contributed by atoms with Crippen LogP contribution < -0.4 is 10.9 Å². The Bertz CT molecular complexity index is 1060. The number of nitrogens with one attached hydrogen (secondary N) is 1. The van der Waals surface area contributed by atoms with Crippen molar-refractivity contribution in [3.05, 3.63) is 63.7 Å². The lowest BCUT2D eigenvalue weighted by Crippen LogP contribution is -2.35. The van der Waals surface area contributed by atoms with Crippen molar-refractivity contribution in [2.45, 2.75) is 45.2 Å². The molecule has 0 radical (unpaired) electrons. The number of benzene rings is 1. The number of amides is 1. The maximum atomic E-state index is 12.8. The first kappa shape index (κ1) is 17.5. The molecule has 6 heteroatoms. The van der Waals surface area contributed by atoms with Crippen LogP contribution in [-0.2, 0) is 18.4 Å². The van der Waals surface area contributed by atoms with Crippen molar-refractivity contribution in [3.63, 3.8) is 0 Å². The molecule has 0 spiro atoms.